The third kappa shape index (κ3) is 3.54. The third-order valence-corrected chi connectivity index (χ3v) is 4.98. The molecule has 5 heteroatoms. The van der Waals surface area contributed by atoms with Gasteiger partial charge in [0.15, 0.2) is 0 Å². The molecular weight excluding hydrogens is 272 g/mol. The van der Waals surface area contributed by atoms with Gasteiger partial charge in [-0.15, -0.1) is 0 Å². The number of halogens is 1. The maximum absolute atomic E-state index is 6.34. The molecule has 4 nitrogen and oxygen atoms in total. The van der Waals surface area contributed by atoms with Gasteiger partial charge in [-0.2, -0.15) is 5.10 Å². The quantitative estimate of drug-likeness (QED) is 0.907. The van der Waals surface area contributed by atoms with E-state index in [0.29, 0.717) is 5.41 Å². The van der Waals surface area contributed by atoms with Crippen molar-refractivity contribution < 1.29 is 0 Å². The number of aromatic nitrogens is 2. The first-order chi connectivity index (χ1) is 9.45. The van der Waals surface area contributed by atoms with Crippen LogP contribution >= 0.6 is 11.6 Å². The van der Waals surface area contributed by atoms with Crippen molar-refractivity contribution in [3.05, 3.63) is 16.4 Å². The summed E-state index contributed by atoms with van der Waals surface area (Å²) < 4.78 is 2.00. The molecule has 0 bridgehead atoms. The minimum absolute atomic E-state index is 0.408. The lowest BCUT2D eigenvalue weighted by Gasteiger charge is -2.38. The van der Waals surface area contributed by atoms with Crippen molar-refractivity contribution in [2.24, 2.45) is 5.41 Å². The minimum atomic E-state index is 0.408. The molecule has 1 aromatic rings. The number of rotatable bonds is 5. The number of nitrogens with zero attached hydrogens (tertiary/aromatic N) is 3. The van der Waals surface area contributed by atoms with Gasteiger partial charge in [0, 0.05) is 19.6 Å². The Hall–Kier alpha value is -0.580. The zero-order chi connectivity index (χ0) is 14.8. The standard InChI is InChI=1S/C15H27ClN4/c1-5-20-13(14(16)12(2)18-20)10-17-11-15(3)6-8-19(4)9-7-15/h17H,5-11H2,1-4H3. The molecule has 1 N–H and O–H groups in total. The Labute approximate surface area is 127 Å². The van der Waals surface area contributed by atoms with Gasteiger partial charge in [-0.3, -0.25) is 4.68 Å². The Morgan fingerprint density at radius 1 is 1.35 bits per heavy atom. The molecule has 0 aliphatic carbocycles. The van der Waals surface area contributed by atoms with E-state index in [1.54, 1.807) is 0 Å². The molecule has 2 rings (SSSR count). The Morgan fingerprint density at radius 2 is 2.00 bits per heavy atom. The zero-order valence-electron chi connectivity index (χ0n) is 13.2. The molecule has 114 valence electrons. The maximum atomic E-state index is 6.34. The molecule has 20 heavy (non-hydrogen) atoms. The molecule has 2 heterocycles. The highest BCUT2D eigenvalue weighted by atomic mass is 35.5. The van der Waals surface area contributed by atoms with E-state index in [0.717, 1.165) is 36.0 Å². The lowest BCUT2D eigenvalue weighted by Crippen LogP contribution is -2.42. The summed E-state index contributed by atoms with van der Waals surface area (Å²) in [6, 6.07) is 0. The summed E-state index contributed by atoms with van der Waals surface area (Å²) in [6.45, 7) is 11.6. The van der Waals surface area contributed by atoms with Crippen LogP contribution in [-0.2, 0) is 13.1 Å². The van der Waals surface area contributed by atoms with E-state index in [-0.39, 0.29) is 0 Å². The second-order valence-electron chi connectivity index (χ2n) is 6.38. The molecule has 1 aromatic heterocycles. The van der Waals surface area contributed by atoms with Crippen LogP contribution in [0.15, 0.2) is 0 Å². The van der Waals surface area contributed by atoms with Crippen LogP contribution in [0.1, 0.15) is 38.1 Å². The summed E-state index contributed by atoms with van der Waals surface area (Å²) >= 11 is 6.34. The molecule has 0 atom stereocenters. The fourth-order valence-corrected chi connectivity index (χ4v) is 3.06. The third-order valence-electron chi connectivity index (χ3n) is 4.49. The molecule has 1 saturated heterocycles. The van der Waals surface area contributed by atoms with Crippen molar-refractivity contribution in [3.8, 4) is 0 Å². The molecule has 0 amide bonds. The van der Waals surface area contributed by atoms with Gasteiger partial charge in [0.2, 0.25) is 0 Å². The Morgan fingerprint density at radius 3 is 2.60 bits per heavy atom. The molecule has 0 saturated carbocycles. The average Bonchev–Trinajstić information content (AvgIpc) is 2.70. The van der Waals surface area contributed by atoms with E-state index >= 15 is 0 Å². The molecule has 0 radical (unpaired) electrons. The fraction of sp³-hybridized carbons (Fsp3) is 0.800. The summed E-state index contributed by atoms with van der Waals surface area (Å²) in [5.74, 6) is 0. The van der Waals surface area contributed by atoms with E-state index in [9.17, 15) is 0 Å². The van der Waals surface area contributed by atoms with Gasteiger partial charge < -0.3 is 10.2 Å². The lowest BCUT2D eigenvalue weighted by molar-refractivity contribution is 0.136. The summed E-state index contributed by atoms with van der Waals surface area (Å²) in [5, 5.41) is 8.86. The van der Waals surface area contributed by atoms with E-state index in [2.05, 4.69) is 36.2 Å². The second kappa shape index (κ2) is 6.46. The maximum Gasteiger partial charge on any atom is 0.0860 e. The van der Waals surface area contributed by atoms with Gasteiger partial charge in [0.25, 0.3) is 0 Å². The molecule has 0 spiro atoms. The minimum Gasteiger partial charge on any atom is -0.311 e. The van der Waals surface area contributed by atoms with Crippen LogP contribution in [0.4, 0.5) is 0 Å². The molecule has 0 aromatic carbocycles. The number of likely N-dealkylation sites (tertiary alicyclic amines) is 1. The highest BCUT2D eigenvalue weighted by molar-refractivity contribution is 6.31. The van der Waals surface area contributed by atoms with Crippen molar-refractivity contribution in [3.63, 3.8) is 0 Å². The van der Waals surface area contributed by atoms with Crippen LogP contribution in [0.2, 0.25) is 5.02 Å². The van der Waals surface area contributed by atoms with Crippen molar-refractivity contribution in [1.82, 2.24) is 20.0 Å². The van der Waals surface area contributed by atoms with Gasteiger partial charge in [-0.25, -0.2) is 0 Å². The van der Waals surface area contributed by atoms with E-state index in [1.165, 1.54) is 25.9 Å². The predicted octanol–water partition coefficient (Wildman–Crippen LogP) is 2.69. The largest absolute Gasteiger partial charge is 0.311 e. The zero-order valence-corrected chi connectivity index (χ0v) is 13.9. The molecule has 1 fully saturated rings. The summed E-state index contributed by atoms with van der Waals surface area (Å²) in [4.78, 5) is 2.41. The van der Waals surface area contributed by atoms with Gasteiger partial charge in [0.1, 0.15) is 0 Å². The van der Waals surface area contributed by atoms with Gasteiger partial charge >= 0.3 is 0 Å². The van der Waals surface area contributed by atoms with E-state index < -0.39 is 0 Å². The summed E-state index contributed by atoms with van der Waals surface area (Å²) in [5.41, 5.74) is 2.45. The average molecular weight is 299 g/mol. The van der Waals surface area contributed by atoms with E-state index in [4.69, 9.17) is 11.6 Å². The fourth-order valence-electron chi connectivity index (χ4n) is 2.86. The van der Waals surface area contributed by atoms with Crippen molar-refractivity contribution in [2.75, 3.05) is 26.7 Å². The molecule has 1 aliphatic rings. The van der Waals surface area contributed by atoms with Crippen molar-refractivity contribution >= 4 is 11.6 Å². The molecule has 0 unspecified atom stereocenters. The van der Waals surface area contributed by atoms with Gasteiger partial charge in [0.05, 0.1) is 16.4 Å². The number of hydrogen-bond acceptors (Lipinski definition) is 3. The Balaban J connectivity index is 1.90. The first kappa shape index (κ1) is 15.8. The lowest BCUT2D eigenvalue weighted by atomic mass is 9.80. The number of hydrogen-bond donors (Lipinski definition) is 1. The van der Waals surface area contributed by atoms with E-state index in [1.807, 2.05) is 11.6 Å². The number of piperidine rings is 1. The number of aryl methyl sites for hydroxylation is 2. The first-order valence-electron chi connectivity index (χ1n) is 7.56. The summed E-state index contributed by atoms with van der Waals surface area (Å²) in [6.07, 6.45) is 2.52. The van der Waals surface area contributed by atoms with Crippen molar-refractivity contribution in [1.29, 1.82) is 0 Å². The van der Waals surface area contributed by atoms with Crippen LogP contribution in [-0.4, -0.2) is 41.4 Å². The second-order valence-corrected chi connectivity index (χ2v) is 6.76. The van der Waals surface area contributed by atoms with Crippen LogP contribution in [0.3, 0.4) is 0 Å². The smallest absolute Gasteiger partial charge is 0.0860 e. The van der Waals surface area contributed by atoms with Crippen LogP contribution < -0.4 is 5.32 Å². The Bertz CT molecular complexity index is 447. The first-order valence-corrected chi connectivity index (χ1v) is 7.94. The molecule has 1 aliphatic heterocycles. The SMILES string of the molecule is CCn1nc(C)c(Cl)c1CNCC1(C)CCN(C)CC1. The van der Waals surface area contributed by atoms with Crippen LogP contribution in [0.5, 0.6) is 0 Å². The topological polar surface area (TPSA) is 33.1 Å². The van der Waals surface area contributed by atoms with Gasteiger partial charge in [-0.1, -0.05) is 18.5 Å². The van der Waals surface area contributed by atoms with Crippen molar-refractivity contribution in [2.45, 2.75) is 46.7 Å². The predicted molar refractivity (Wildman–Crippen MR) is 84.2 cm³/mol. The van der Waals surface area contributed by atoms with Crippen LogP contribution in [0, 0.1) is 12.3 Å². The highest BCUT2D eigenvalue weighted by Gasteiger charge is 2.28. The van der Waals surface area contributed by atoms with Crippen LogP contribution in [0.25, 0.3) is 0 Å². The normalized spacial score (nSPS) is 19.4. The highest BCUT2D eigenvalue weighted by Crippen LogP contribution is 2.29. The van der Waals surface area contributed by atoms with Gasteiger partial charge in [-0.05, 0) is 52.2 Å². The number of nitrogens with one attached hydrogen (secondary N) is 1. The monoisotopic (exact) mass is 298 g/mol. The molecular formula is C15H27ClN4. The Kier molecular flexibility index (Phi) is 5.10. The summed E-state index contributed by atoms with van der Waals surface area (Å²) in [7, 11) is 2.20.